The van der Waals surface area contributed by atoms with Crippen LogP contribution >= 0.6 is 24.0 Å². The molecule has 1 fully saturated rings. The van der Waals surface area contributed by atoms with E-state index >= 15 is 0 Å². The molecule has 0 saturated carbocycles. The van der Waals surface area contributed by atoms with Gasteiger partial charge in [-0.05, 0) is 30.4 Å². The van der Waals surface area contributed by atoms with Crippen molar-refractivity contribution in [2.75, 3.05) is 0 Å². The van der Waals surface area contributed by atoms with Crippen LogP contribution in [0.3, 0.4) is 0 Å². The summed E-state index contributed by atoms with van der Waals surface area (Å²) in [7, 11) is 1.92. The van der Waals surface area contributed by atoms with Crippen molar-refractivity contribution in [1.29, 1.82) is 0 Å². The zero-order chi connectivity index (χ0) is 21.4. The Morgan fingerprint density at radius 2 is 2.00 bits per heavy atom. The maximum Gasteiger partial charge on any atom is 0.285 e. The van der Waals surface area contributed by atoms with Gasteiger partial charge in [-0.1, -0.05) is 36.0 Å². The number of hydrogen-bond acceptors (Lipinski definition) is 6. The smallest absolute Gasteiger partial charge is 0.285 e. The summed E-state index contributed by atoms with van der Waals surface area (Å²) >= 11 is 6.32. The summed E-state index contributed by atoms with van der Waals surface area (Å²) in [6.45, 7) is 0. The van der Waals surface area contributed by atoms with Crippen LogP contribution in [0.1, 0.15) is 15.9 Å². The molecule has 1 aliphatic heterocycles. The Morgan fingerprint density at radius 1 is 1.23 bits per heavy atom. The standard InChI is InChI=1S/C20H14N4O4S2/c1-22-11-13(15-7-2-3-8-16(15)22)10-17-19(26)23(20(29)30-17)21-18(25)12-5-4-6-14(9-12)24(27)28/h2-11H,1H3,(H,21,25). The molecule has 3 aromatic rings. The average Bonchev–Trinajstić information content (AvgIpc) is 3.19. The third-order valence-corrected chi connectivity index (χ3v) is 5.84. The minimum absolute atomic E-state index is 0.0521. The van der Waals surface area contributed by atoms with Crippen LogP contribution in [0.25, 0.3) is 17.0 Å². The van der Waals surface area contributed by atoms with E-state index in [1.165, 1.54) is 18.2 Å². The van der Waals surface area contributed by atoms with Gasteiger partial charge < -0.3 is 4.57 Å². The summed E-state index contributed by atoms with van der Waals surface area (Å²) in [6, 6.07) is 13.0. The summed E-state index contributed by atoms with van der Waals surface area (Å²) in [4.78, 5) is 36.0. The Kier molecular flexibility index (Phi) is 5.10. The highest BCUT2D eigenvalue weighted by Crippen LogP contribution is 2.33. The molecular formula is C20H14N4O4S2. The van der Waals surface area contributed by atoms with Crippen molar-refractivity contribution in [3.05, 3.63) is 80.9 Å². The first-order valence-corrected chi connectivity index (χ1v) is 9.95. The number of hydrazine groups is 1. The Balaban J connectivity index is 1.58. The Labute approximate surface area is 180 Å². The first-order valence-electron chi connectivity index (χ1n) is 8.72. The third kappa shape index (κ3) is 3.58. The van der Waals surface area contributed by atoms with E-state index in [2.05, 4.69) is 5.43 Å². The molecule has 0 spiro atoms. The lowest BCUT2D eigenvalue weighted by molar-refractivity contribution is -0.384. The number of hydrogen-bond donors (Lipinski definition) is 1. The van der Waals surface area contributed by atoms with E-state index in [1.54, 1.807) is 6.08 Å². The van der Waals surface area contributed by atoms with E-state index in [4.69, 9.17) is 12.2 Å². The summed E-state index contributed by atoms with van der Waals surface area (Å²) in [6.07, 6.45) is 3.65. The highest BCUT2D eigenvalue weighted by molar-refractivity contribution is 8.26. The van der Waals surface area contributed by atoms with Crippen molar-refractivity contribution in [3.63, 3.8) is 0 Å². The fourth-order valence-corrected chi connectivity index (χ4v) is 4.29. The van der Waals surface area contributed by atoms with Crippen molar-refractivity contribution in [2.24, 2.45) is 7.05 Å². The molecule has 1 aliphatic rings. The van der Waals surface area contributed by atoms with Crippen molar-refractivity contribution >= 4 is 62.8 Å². The van der Waals surface area contributed by atoms with Gasteiger partial charge in [0.25, 0.3) is 17.5 Å². The molecular weight excluding hydrogens is 424 g/mol. The first-order chi connectivity index (χ1) is 14.3. The molecule has 30 heavy (non-hydrogen) atoms. The monoisotopic (exact) mass is 438 g/mol. The molecule has 1 saturated heterocycles. The molecule has 0 aliphatic carbocycles. The molecule has 2 heterocycles. The molecule has 150 valence electrons. The number of nitro benzene ring substituents is 1. The van der Waals surface area contributed by atoms with Gasteiger partial charge in [0.1, 0.15) is 0 Å². The van der Waals surface area contributed by atoms with Gasteiger partial charge in [-0.15, -0.1) is 0 Å². The van der Waals surface area contributed by atoms with Gasteiger partial charge in [0, 0.05) is 47.4 Å². The molecule has 0 atom stereocenters. The number of para-hydroxylation sites is 1. The topological polar surface area (TPSA) is 97.5 Å². The summed E-state index contributed by atoms with van der Waals surface area (Å²) in [5, 5.41) is 12.9. The minimum Gasteiger partial charge on any atom is -0.350 e. The molecule has 1 aromatic heterocycles. The molecule has 2 amide bonds. The fraction of sp³-hybridized carbons (Fsp3) is 0.0500. The normalized spacial score (nSPS) is 15.2. The second-order valence-electron chi connectivity index (χ2n) is 6.48. The van der Waals surface area contributed by atoms with Crippen molar-refractivity contribution in [3.8, 4) is 0 Å². The second kappa shape index (κ2) is 7.73. The quantitative estimate of drug-likeness (QED) is 0.289. The Bertz CT molecular complexity index is 1260. The third-order valence-electron chi connectivity index (χ3n) is 4.54. The van der Waals surface area contributed by atoms with Gasteiger partial charge in [-0.2, -0.15) is 5.01 Å². The van der Waals surface area contributed by atoms with Gasteiger partial charge in [-0.25, -0.2) is 0 Å². The van der Waals surface area contributed by atoms with Gasteiger partial charge in [0.05, 0.1) is 9.83 Å². The van der Waals surface area contributed by atoms with Crippen LogP contribution in [0.4, 0.5) is 5.69 Å². The number of aromatic nitrogens is 1. The number of nitro groups is 1. The molecule has 2 aromatic carbocycles. The van der Waals surface area contributed by atoms with E-state index in [0.29, 0.717) is 4.91 Å². The number of carbonyl (C=O) groups excluding carboxylic acids is 2. The predicted molar refractivity (Wildman–Crippen MR) is 118 cm³/mol. The number of nitrogens with zero attached hydrogens (tertiary/aromatic N) is 3. The molecule has 0 bridgehead atoms. The van der Waals surface area contributed by atoms with Crippen LogP contribution in [-0.2, 0) is 11.8 Å². The number of nitrogens with one attached hydrogen (secondary N) is 1. The predicted octanol–water partition coefficient (Wildman–Crippen LogP) is 3.63. The van der Waals surface area contributed by atoms with Crippen molar-refractivity contribution < 1.29 is 14.5 Å². The van der Waals surface area contributed by atoms with E-state index in [1.807, 2.05) is 42.1 Å². The van der Waals surface area contributed by atoms with E-state index in [9.17, 15) is 19.7 Å². The van der Waals surface area contributed by atoms with Gasteiger partial charge in [0.2, 0.25) is 0 Å². The zero-order valence-electron chi connectivity index (χ0n) is 15.6. The SMILES string of the molecule is Cn1cc(C=C2SC(=S)N(NC(=O)c3cccc([N+](=O)[O-])c3)C2=O)c2ccccc21. The summed E-state index contributed by atoms with van der Waals surface area (Å²) < 4.78 is 2.14. The van der Waals surface area contributed by atoms with E-state index in [-0.39, 0.29) is 15.6 Å². The fourth-order valence-electron chi connectivity index (χ4n) is 3.12. The van der Waals surface area contributed by atoms with Crippen LogP contribution in [0.15, 0.2) is 59.6 Å². The second-order valence-corrected chi connectivity index (χ2v) is 8.15. The number of aryl methyl sites for hydroxylation is 1. The molecule has 1 N–H and O–H groups in total. The molecule has 10 heteroatoms. The van der Waals surface area contributed by atoms with Gasteiger partial charge in [0.15, 0.2) is 4.32 Å². The van der Waals surface area contributed by atoms with Gasteiger partial charge >= 0.3 is 0 Å². The van der Waals surface area contributed by atoms with Crippen LogP contribution < -0.4 is 5.43 Å². The molecule has 4 rings (SSSR count). The lowest BCUT2D eigenvalue weighted by Gasteiger charge is -2.15. The summed E-state index contributed by atoms with van der Waals surface area (Å²) in [5.74, 6) is -1.13. The number of thioether (sulfide) groups is 1. The number of non-ortho nitro benzene ring substituents is 1. The van der Waals surface area contributed by atoms with E-state index in [0.717, 1.165) is 39.3 Å². The summed E-state index contributed by atoms with van der Waals surface area (Å²) in [5.41, 5.74) is 4.15. The Morgan fingerprint density at radius 3 is 2.77 bits per heavy atom. The molecule has 0 unspecified atom stereocenters. The lowest BCUT2D eigenvalue weighted by atomic mass is 10.1. The largest absolute Gasteiger partial charge is 0.350 e. The number of carbonyl (C=O) groups is 2. The maximum atomic E-state index is 12.8. The first kappa shape index (κ1) is 19.8. The number of benzene rings is 2. The minimum atomic E-state index is -0.665. The highest BCUT2D eigenvalue weighted by Gasteiger charge is 2.34. The maximum absolute atomic E-state index is 12.8. The number of thiocarbonyl (C=S) groups is 1. The lowest BCUT2D eigenvalue weighted by Crippen LogP contribution is -2.44. The van der Waals surface area contributed by atoms with Gasteiger partial charge in [-0.3, -0.25) is 25.1 Å². The van der Waals surface area contributed by atoms with Crippen LogP contribution in [-0.4, -0.2) is 30.6 Å². The number of rotatable bonds is 4. The van der Waals surface area contributed by atoms with Crippen LogP contribution in [0.2, 0.25) is 0 Å². The van der Waals surface area contributed by atoms with Crippen LogP contribution in [0, 0.1) is 10.1 Å². The molecule has 0 radical (unpaired) electrons. The zero-order valence-corrected chi connectivity index (χ0v) is 17.2. The number of amides is 2. The highest BCUT2D eigenvalue weighted by atomic mass is 32.2. The average molecular weight is 438 g/mol. The van der Waals surface area contributed by atoms with E-state index < -0.39 is 16.7 Å². The Hall–Kier alpha value is -3.50. The van der Waals surface area contributed by atoms with Crippen molar-refractivity contribution in [1.82, 2.24) is 15.0 Å². The van der Waals surface area contributed by atoms with Crippen LogP contribution in [0.5, 0.6) is 0 Å². The number of fused-ring (bicyclic) bond motifs is 1. The van der Waals surface area contributed by atoms with Crippen molar-refractivity contribution in [2.45, 2.75) is 0 Å². The molecule has 8 nitrogen and oxygen atoms in total.